The van der Waals surface area contributed by atoms with E-state index in [0.717, 1.165) is 36.6 Å². The van der Waals surface area contributed by atoms with Crippen molar-refractivity contribution in [1.29, 1.82) is 0 Å². The van der Waals surface area contributed by atoms with Gasteiger partial charge in [0.05, 0.1) is 5.69 Å². The van der Waals surface area contributed by atoms with Crippen LogP contribution in [-0.4, -0.2) is 32.2 Å². The van der Waals surface area contributed by atoms with Gasteiger partial charge in [0.25, 0.3) is 5.56 Å². The monoisotopic (exact) mass is 353 g/mol. The number of aromatic amines is 1. The summed E-state index contributed by atoms with van der Waals surface area (Å²) in [6, 6.07) is 10.0. The Balaban J connectivity index is 2.26. The van der Waals surface area contributed by atoms with Crippen LogP contribution in [0.5, 0.6) is 0 Å². The minimum atomic E-state index is -0.143. The summed E-state index contributed by atoms with van der Waals surface area (Å²) < 4.78 is 1.74. The molecule has 0 aliphatic rings. The van der Waals surface area contributed by atoms with Gasteiger partial charge in [0.1, 0.15) is 0 Å². The van der Waals surface area contributed by atoms with E-state index >= 15 is 0 Å². The van der Waals surface area contributed by atoms with Crippen molar-refractivity contribution in [2.45, 2.75) is 53.0 Å². The van der Waals surface area contributed by atoms with Crippen LogP contribution in [0.1, 0.15) is 46.2 Å². The molecule has 3 rings (SSSR count). The number of hydrogen-bond acceptors (Lipinski definition) is 4. The van der Waals surface area contributed by atoms with Crippen LogP contribution in [-0.2, 0) is 6.42 Å². The molecule has 0 radical (unpaired) electrons. The zero-order valence-electron chi connectivity index (χ0n) is 16.0. The van der Waals surface area contributed by atoms with E-state index in [9.17, 15) is 4.79 Å². The van der Waals surface area contributed by atoms with Gasteiger partial charge in [-0.2, -0.15) is 4.52 Å². The minimum Gasteiger partial charge on any atom is -0.338 e. The van der Waals surface area contributed by atoms with Crippen LogP contribution in [0.3, 0.4) is 0 Å². The van der Waals surface area contributed by atoms with Crippen LogP contribution in [0.2, 0.25) is 0 Å². The molecule has 0 saturated heterocycles. The SMILES string of the molecule is CCCN(c1nc(CC)c2c(=O)[nH]c(-c3ccccc3)nn12)C(C)CC. The summed E-state index contributed by atoms with van der Waals surface area (Å²) in [5.74, 6) is 1.32. The van der Waals surface area contributed by atoms with Gasteiger partial charge < -0.3 is 9.88 Å². The summed E-state index contributed by atoms with van der Waals surface area (Å²) in [6.07, 6.45) is 2.71. The van der Waals surface area contributed by atoms with Gasteiger partial charge in [-0.25, -0.2) is 4.98 Å². The van der Waals surface area contributed by atoms with E-state index in [-0.39, 0.29) is 5.56 Å². The van der Waals surface area contributed by atoms with Crippen molar-refractivity contribution in [2.24, 2.45) is 0 Å². The Labute approximate surface area is 153 Å². The van der Waals surface area contributed by atoms with Crippen LogP contribution in [0.25, 0.3) is 16.9 Å². The molecule has 2 heterocycles. The first-order valence-electron chi connectivity index (χ1n) is 9.44. The van der Waals surface area contributed by atoms with Crippen molar-refractivity contribution in [3.05, 3.63) is 46.4 Å². The fourth-order valence-corrected chi connectivity index (χ4v) is 3.19. The normalized spacial score (nSPS) is 12.5. The number of imidazole rings is 1. The second-order valence-corrected chi connectivity index (χ2v) is 6.59. The molecule has 0 saturated carbocycles. The van der Waals surface area contributed by atoms with Gasteiger partial charge >= 0.3 is 0 Å². The van der Waals surface area contributed by atoms with Crippen LogP contribution in [0, 0.1) is 0 Å². The highest BCUT2D eigenvalue weighted by Gasteiger charge is 2.22. The molecule has 1 unspecified atom stereocenters. The molecule has 26 heavy (non-hydrogen) atoms. The maximum Gasteiger partial charge on any atom is 0.277 e. The van der Waals surface area contributed by atoms with E-state index in [2.05, 4.69) is 30.7 Å². The number of fused-ring (bicyclic) bond motifs is 1. The molecule has 0 bridgehead atoms. The lowest BCUT2D eigenvalue weighted by atomic mass is 10.2. The number of nitrogens with one attached hydrogen (secondary N) is 1. The Morgan fingerprint density at radius 3 is 2.54 bits per heavy atom. The number of benzene rings is 1. The largest absolute Gasteiger partial charge is 0.338 e. The molecule has 2 aromatic heterocycles. The van der Waals surface area contributed by atoms with Crippen LogP contribution < -0.4 is 10.5 Å². The van der Waals surface area contributed by atoms with Crippen molar-refractivity contribution in [1.82, 2.24) is 19.6 Å². The maximum absolute atomic E-state index is 12.8. The zero-order valence-corrected chi connectivity index (χ0v) is 16.0. The third kappa shape index (κ3) is 3.23. The summed E-state index contributed by atoms with van der Waals surface area (Å²) >= 11 is 0. The van der Waals surface area contributed by atoms with Gasteiger partial charge in [-0.1, -0.05) is 51.1 Å². The smallest absolute Gasteiger partial charge is 0.277 e. The summed E-state index contributed by atoms with van der Waals surface area (Å²) in [4.78, 5) is 22.8. The quantitative estimate of drug-likeness (QED) is 0.704. The zero-order chi connectivity index (χ0) is 18.7. The number of anilines is 1. The fraction of sp³-hybridized carbons (Fsp3) is 0.450. The molecule has 138 valence electrons. The van der Waals surface area contributed by atoms with Crippen molar-refractivity contribution in [2.75, 3.05) is 11.4 Å². The van der Waals surface area contributed by atoms with Crippen molar-refractivity contribution in [3.8, 4) is 11.4 Å². The Morgan fingerprint density at radius 2 is 1.92 bits per heavy atom. The van der Waals surface area contributed by atoms with E-state index < -0.39 is 0 Å². The second kappa shape index (κ2) is 7.72. The highest BCUT2D eigenvalue weighted by atomic mass is 16.1. The molecular formula is C20H27N5O. The van der Waals surface area contributed by atoms with Gasteiger partial charge in [-0.05, 0) is 26.2 Å². The van der Waals surface area contributed by atoms with E-state index in [4.69, 9.17) is 10.1 Å². The number of aromatic nitrogens is 4. The molecular weight excluding hydrogens is 326 g/mol. The second-order valence-electron chi connectivity index (χ2n) is 6.59. The maximum atomic E-state index is 12.8. The molecule has 1 aromatic carbocycles. The predicted octanol–water partition coefficient (Wildman–Crippen LogP) is 3.66. The first kappa shape index (κ1) is 18.2. The molecule has 6 heteroatoms. The number of H-pyrrole nitrogens is 1. The first-order valence-corrected chi connectivity index (χ1v) is 9.44. The number of aryl methyl sites for hydroxylation is 1. The van der Waals surface area contributed by atoms with Crippen molar-refractivity contribution < 1.29 is 0 Å². The third-order valence-electron chi connectivity index (χ3n) is 4.78. The molecule has 1 N–H and O–H groups in total. The summed E-state index contributed by atoms with van der Waals surface area (Å²) in [6.45, 7) is 9.41. The lowest BCUT2D eigenvalue weighted by Gasteiger charge is -2.28. The van der Waals surface area contributed by atoms with Gasteiger partial charge in [0.2, 0.25) is 5.95 Å². The summed E-state index contributed by atoms with van der Waals surface area (Å²) in [7, 11) is 0. The minimum absolute atomic E-state index is 0.143. The standard InChI is InChI=1S/C20H27N5O/c1-5-13-24(14(4)6-2)20-21-16(7-3)17-19(26)22-18(23-25(17)20)15-11-9-8-10-12-15/h8-12,14H,5-7,13H2,1-4H3,(H,22,23,26). The fourth-order valence-electron chi connectivity index (χ4n) is 3.19. The molecule has 0 amide bonds. The van der Waals surface area contributed by atoms with Crippen molar-refractivity contribution >= 4 is 11.5 Å². The predicted molar refractivity (Wildman–Crippen MR) is 106 cm³/mol. The molecule has 0 fully saturated rings. The molecule has 0 spiro atoms. The van der Waals surface area contributed by atoms with E-state index in [0.29, 0.717) is 23.8 Å². The average molecular weight is 353 g/mol. The van der Waals surface area contributed by atoms with Crippen molar-refractivity contribution in [3.63, 3.8) is 0 Å². The number of nitrogens with zero attached hydrogens (tertiary/aromatic N) is 4. The Morgan fingerprint density at radius 1 is 1.19 bits per heavy atom. The van der Waals surface area contributed by atoms with Gasteiger partial charge in [0, 0.05) is 18.2 Å². The molecule has 0 aliphatic carbocycles. The Kier molecular flexibility index (Phi) is 5.40. The summed E-state index contributed by atoms with van der Waals surface area (Å²) in [5.41, 5.74) is 2.08. The van der Waals surface area contributed by atoms with Crippen LogP contribution >= 0.6 is 0 Å². The van der Waals surface area contributed by atoms with E-state index in [1.165, 1.54) is 0 Å². The summed E-state index contributed by atoms with van der Waals surface area (Å²) in [5, 5.41) is 4.75. The third-order valence-corrected chi connectivity index (χ3v) is 4.78. The molecule has 1 atom stereocenters. The lowest BCUT2D eigenvalue weighted by Crippen LogP contribution is -2.35. The Hall–Kier alpha value is -2.63. The average Bonchev–Trinajstić information content (AvgIpc) is 3.05. The lowest BCUT2D eigenvalue weighted by molar-refractivity contribution is 0.588. The highest BCUT2D eigenvalue weighted by Crippen LogP contribution is 2.22. The van der Waals surface area contributed by atoms with Crippen LogP contribution in [0.4, 0.5) is 5.95 Å². The number of rotatable bonds is 7. The number of hydrogen-bond donors (Lipinski definition) is 1. The van der Waals surface area contributed by atoms with E-state index in [1.54, 1.807) is 4.52 Å². The van der Waals surface area contributed by atoms with Crippen LogP contribution in [0.15, 0.2) is 35.1 Å². The molecule has 6 nitrogen and oxygen atoms in total. The molecule has 3 aromatic rings. The van der Waals surface area contributed by atoms with E-state index in [1.807, 2.05) is 37.3 Å². The van der Waals surface area contributed by atoms with Gasteiger partial charge in [0.15, 0.2) is 11.3 Å². The topological polar surface area (TPSA) is 66.3 Å². The van der Waals surface area contributed by atoms with Gasteiger partial charge in [-0.15, -0.1) is 5.10 Å². The molecule has 0 aliphatic heterocycles. The highest BCUT2D eigenvalue weighted by molar-refractivity contribution is 5.61. The Bertz CT molecular complexity index is 929. The van der Waals surface area contributed by atoms with Gasteiger partial charge in [-0.3, -0.25) is 4.79 Å². The first-order chi connectivity index (χ1) is 12.6.